The lowest BCUT2D eigenvalue weighted by Crippen LogP contribution is -2.34. The third-order valence-corrected chi connectivity index (χ3v) is 7.06. The van der Waals surface area contributed by atoms with Crippen LogP contribution in [0.3, 0.4) is 0 Å². The molecule has 2 heterocycles. The summed E-state index contributed by atoms with van der Waals surface area (Å²) in [6.45, 7) is 4.26. The van der Waals surface area contributed by atoms with E-state index in [1.807, 2.05) is 6.92 Å². The fourth-order valence-electron chi connectivity index (χ4n) is 3.42. The van der Waals surface area contributed by atoms with Crippen LogP contribution in [-0.4, -0.2) is 56.3 Å². The van der Waals surface area contributed by atoms with E-state index in [1.165, 1.54) is 16.4 Å². The molecule has 2 aliphatic heterocycles. The van der Waals surface area contributed by atoms with Gasteiger partial charge in [-0.1, -0.05) is 6.92 Å². The van der Waals surface area contributed by atoms with Crippen molar-refractivity contribution in [3.8, 4) is 0 Å². The number of likely N-dealkylation sites (tertiary alicyclic amines) is 1. The summed E-state index contributed by atoms with van der Waals surface area (Å²) in [4.78, 5) is 13.8. The predicted octanol–water partition coefficient (Wildman–Crippen LogP) is 1.84. The fraction of sp³-hybridized carbons (Fsp3) is 0.588. The second kappa shape index (κ2) is 7.80. The van der Waals surface area contributed by atoms with Crippen molar-refractivity contribution in [3.63, 3.8) is 0 Å². The number of rotatable bonds is 4. The van der Waals surface area contributed by atoms with Gasteiger partial charge in [0.2, 0.25) is 10.0 Å². The van der Waals surface area contributed by atoms with E-state index in [9.17, 15) is 17.6 Å². The van der Waals surface area contributed by atoms with Crippen molar-refractivity contribution in [3.05, 3.63) is 29.6 Å². The van der Waals surface area contributed by atoms with Crippen molar-refractivity contribution < 1.29 is 17.6 Å². The van der Waals surface area contributed by atoms with Gasteiger partial charge in [0.15, 0.2) is 0 Å². The monoisotopic (exact) mass is 405 g/mol. The Morgan fingerprint density at radius 3 is 2.46 bits per heavy atom. The van der Waals surface area contributed by atoms with Crippen molar-refractivity contribution in [2.24, 2.45) is 11.1 Å². The average Bonchev–Trinajstić information content (AvgIpc) is 3.24. The molecule has 0 bridgehead atoms. The van der Waals surface area contributed by atoms with E-state index >= 15 is 0 Å². The zero-order valence-corrected chi connectivity index (χ0v) is 16.4. The standard InChI is InChI=1S/C17H24FN3O3S.ClH/c1-17(11-19)6-9-21(12-17)25(23,24)13-4-5-14(15(18)10-13)16(22)20-7-2-3-8-20;/h4-5,10H,2-3,6-9,11-12,19H2,1H3;1H. The first-order valence-electron chi connectivity index (χ1n) is 8.56. The Bertz CT molecular complexity index is 783. The van der Waals surface area contributed by atoms with E-state index in [4.69, 9.17) is 5.73 Å². The van der Waals surface area contributed by atoms with Crippen LogP contribution in [0.1, 0.15) is 36.5 Å². The maximum absolute atomic E-state index is 14.4. The number of hydrogen-bond acceptors (Lipinski definition) is 4. The average molecular weight is 406 g/mol. The lowest BCUT2D eigenvalue weighted by Gasteiger charge is -2.22. The van der Waals surface area contributed by atoms with Crippen molar-refractivity contribution >= 4 is 28.3 Å². The Balaban J connectivity index is 0.00000243. The summed E-state index contributed by atoms with van der Waals surface area (Å²) in [6, 6.07) is 3.55. The predicted molar refractivity (Wildman–Crippen MR) is 99.3 cm³/mol. The van der Waals surface area contributed by atoms with E-state index in [-0.39, 0.29) is 34.2 Å². The number of carbonyl (C=O) groups is 1. The molecule has 0 saturated carbocycles. The molecule has 2 aliphatic rings. The first-order valence-corrected chi connectivity index (χ1v) is 10.00. The highest BCUT2D eigenvalue weighted by Crippen LogP contribution is 2.33. The van der Waals surface area contributed by atoms with Crippen LogP contribution in [0, 0.1) is 11.2 Å². The molecule has 9 heteroatoms. The maximum Gasteiger partial charge on any atom is 0.256 e. The summed E-state index contributed by atoms with van der Waals surface area (Å²) in [5.41, 5.74) is 5.40. The molecule has 1 amide bonds. The molecular formula is C17H25ClFN3O3S. The lowest BCUT2D eigenvalue weighted by molar-refractivity contribution is 0.0788. The molecule has 26 heavy (non-hydrogen) atoms. The van der Waals surface area contributed by atoms with Crippen molar-refractivity contribution in [2.45, 2.75) is 31.1 Å². The molecule has 2 N–H and O–H groups in total. The van der Waals surface area contributed by atoms with Gasteiger partial charge in [0.05, 0.1) is 10.5 Å². The molecule has 0 aliphatic carbocycles. The van der Waals surface area contributed by atoms with E-state index in [1.54, 1.807) is 4.90 Å². The minimum absolute atomic E-state index is 0. The molecule has 1 aromatic rings. The topological polar surface area (TPSA) is 83.7 Å². The van der Waals surface area contributed by atoms with Gasteiger partial charge >= 0.3 is 0 Å². The Kier molecular flexibility index (Phi) is 6.32. The smallest absolute Gasteiger partial charge is 0.256 e. The summed E-state index contributed by atoms with van der Waals surface area (Å²) in [6.07, 6.45) is 2.50. The minimum atomic E-state index is -3.79. The molecule has 1 atom stereocenters. The molecule has 2 saturated heterocycles. The van der Waals surface area contributed by atoms with Crippen LogP contribution >= 0.6 is 12.4 Å². The van der Waals surface area contributed by atoms with Crippen molar-refractivity contribution in [1.29, 1.82) is 0 Å². The van der Waals surface area contributed by atoms with Crippen LogP contribution in [0.25, 0.3) is 0 Å². The third kappa shape index (κ3) is 3.88. The zero-order valence-electron chi connectivity index (χ0n) is 14.8. The second-order valence-corrected chi connectivity index (χ2v) is 9.18. The Morgan fingerprint density at radius 2 is 1.92 bits per heavy atom. The van der Waals surface area contributed by atoms with Gasteiger partial charge in [-0.25, -0.2) is 12.8 Å². The largest absolute Gasteiger partial charge is 0.339 e. The summed E-state index contributed by atoms with van der Waals surface area (Å²) in [5, 5.41) is 0. The van der Waals surface area contributed by atoms with Crippen LogP contribution in [0.5, 0.6) is 0 Å². The zero-order chi connectivity index (χ0) is 18.2. The lowest BCUT2D eigenvalue weighted by atomic mass is 9.90. The van der Waals surface area contributed by atoms with Crippen LogP contribution in [0.4, 0.5) is 4.39 Å². The van der Waals surface area contributed by atoms with Crippen LogP contribution in [0.15, 0.2) is 23.1 Å². The number of amides is 1. The van der Waals surface area contributed by atoms with Gasteiger partial charge in [-0.15, -0.1) is 12.4 Å². The molecule has 1 aromatic carbocycles. The molecule has 3 rings (SSSR count). The minimum Gasteiger partial charge on any atom is -0.339 e. The van der Waals surface area contributed by atoms with Crippen LogP contribution in [-0.2, 0) is 10.0 Å². The number of nitrogens with two attached hydrogens (primary N) is 1. The van der Waals surface area contributed by atoms with Gasteiger partial charge in [-0.05, 0) is 49.4 Å². The molecule has 2 fully saturated rings. The fourth-order valence-corrected chi connectivity index (χ4v) is 5.02. The highest BCUT2D eigenvalue weighted by Gasteiger charge is 2.39. The summed E-state index contributed by atoms with van der Waals surface area (Å²) in [7, 11) is -3.79. The van der Waals surface area contributed by atoms with Gasteiger partial charge < -0.3 is 10.6 Å². The van der Waals surface area contributed by atoms with Gasteiger partial charge in [-0.2, -0.15) is 4.31 Å². The van der Waals surface area contributed by atoms with Crippen molar-refractivity contribution in [2.75, 3.05) is 32.7 Å². The third-order valence-electron chi connectivity index (χ3n) is 5.22. The normalized spacial score (nSPS) is 23.9. The molecule has 0 radical (unpaired) electrons. The van der Waals surface area contributed by atoms with Gasteiger partial charge in [0.1, 0.15) is 5.82 Å². The van der Waals surface area contributed by atoms with E-state index in [2.05, 4.69) is 0 Å². The molecule has 0 aromatic heterocycles. The van der Waals surface area contributed by atoms with Gasteiger partial charge in [0, 0.05) is 26.2 Å². The van der Waals surface area contributed by atoms with E-state index < -0.39 is 15.8 Å². The Morgan fingerprint density at radius 1 is 1.27 bits per heavy atom. The highest BCUT2D eigenvalue weighted by molar-refractivity contribution is 7.89. The van der Waals surface area contributed by atoms with Gasteiger partial charge in [0.25, 0.3) is 5.91 Å². The van der Waals surface area contributed by atoms with E-state index in [0.29, 0.717) is 39.1 Å². The second-order valence-electron chi connectivity index (χ2n) is 7.24. The first-order chi connectivity index (χ1) is 11.8. The maximum atomic E-state index is 14.4. The first kappa shape index (κ1) is 21.1. The number of sulfonamides is 1. The number of hydrogen-bond donors (Lipinski definition) is 1. The summed E-state index contributed by atoms with van der Waals surface area (Å²) >= 11 is 0. The van der Waals surface area contributed by atoms with Crippen LogP contribution < -0.4 is 5.73 Å². The van der Waals surface area contributed by atoms with E-state index in [0.717, 1.165) is 18.9 Å². The molecule has 146 valence electrons. The number of halogens is 2. The van der Waals surface area contributed by atoms with Crippen LogP contribution in [0.2, 0.25) is 0 Å². The molecule has 6 nitrogen and oxygen atoms in total. The van der Waals surface area contributed by atoms with Gasteiger partial charge in [-0.3, -0.25) is 4.79 Å². The Hall–Kier alpha value is -1.22. The molecule has 1 unspecified atom stereocenters. The molecular weight excluding hydrogens is 381 g/mol. The summed E-state index contributed by atoms with van der Waals surface area (Å²) in [5.74, 6) is -1.17. The Labute approximate surface area is 160 Å². The quantitative estimate of drug-likeness (QED) is 0.828. The highest BCUT2D eigenvalue weighted by atomic mass is 35.5. The number of benzene rings is 1. The molecule has 0 spiro atoms. The number of nitrogens with zero attached hydrogens (tertiary/aromatic N) is 2. The SMILES string of the molecule is CC1(CN)CCN(S(=O)(=O)c2ccc(C(=O)N3CCCC3)c(F)c2)C1.Cl. The summed E-state index contributed by atoms with van der Waals surface area (Å²) < 4.78 is 41.3. The van der Waals surface area contributed by atoms with Crippen molar-refractivity contribution in [1.82, 2.24) is 9.21 Å². The number of carbonyl (C=O) groups excluding carboxylic acids is 1.